The molecule has 0 amide bonds. The zero-order valence-corrected chi connectivity index (χ0v) is 10.5. The van der Waals surface area contributed by atoms with Crippen LogP contribution in [-0.2, 0) is 6.54 Å². The molecule has 1 atom stereocenters. The second kappa shape index (κ2) is 4.97. The van der Waals surface area contributed by atoms with Crippen LogP contribution in [-0.4, -0.2) is 41.4 Å². The molecule has 1 aliphatic heterocycles. The summed E-state index contributed by atoms with van der Waals surface area (Å²) in [5.74, 6) is 0.639. The molecule has 16 heavy (non-hydrogen) atoms. The van der Waals surface area contributed by atoms with E-state index in [9.17, 15) is 0 Å². The van der Waals surface area contributed by atoms with Gasteiger partial charge in [-0.2, -0.15) is 5.10 Å². The monoisotopic (exact) mass is 222 g/mol. The number of likely N-dealkylation sites (N-methyl/N-ethyl adjacent to an activating group) is 1. The molecular weight excluding hydrogens is 200 g/mol. The van der Waals surface area contributed by atoms with Crippen LogP contribution in [0.5, 0.6) is 0 Å². The fourth-order valence-corrected chi connectivity index (χ4v) is 2.26. The van der Waals surface area contributed by atoms with Crippen LogP contribution < -0.4 is 5.32 Å². The van der Waals surface area contributed by atoms with E-state index in [-0.39, 0.29) is 0 Å². The molecule has 0 bridgehead atoms. The van der Waals surface area contributed by atoms with Crippen molar-refractivity contribution in [1.82, 2.24) is 20.0 Å². The highest BCUT2D eigenvalue weighted by molar-refractivity contribution is 5.09. The summed E-state index contributed by atoms with van der Waals surface area (Å²) < 4.78 is 2.15. The fraction of sp³-hybridized carbons (Fsp3) is 0.750. The Bertz CT molecular complexity index is 332. The predicted molar refractivity (Wildman–Crippen MR) is 65.3 cm³/mol. The molecule has 4 nitrogen and oxygen atoms in total. The van der Waals surface area contributed by atoms with Gasteiger partial charge in [0, 0.05) is 32.4 Å². The first-order chi connectivity index (χ1) is 7.68. The number of aromatic nitrogens is 2. The van der Waals surface area contributed by atoms with Gasteiger partial charge in [-0.15, -0.1) is 0 Å². The Kier molecular flexibility index (Phi) is 3.61. The molecule has 0 saturated carbocycles. The van der Waals surface area contributed by atoms with Gasteiger partial charge >= 0.3 is 0 Å². The van der Waals surface area contributed by atoms with Gasteiger partial charge in [-0.25, -0.2) is 0 Å². The van der Waals surface area contributed by atoms with Crippen LogP contribution in [0.15, 0.2) is 12.3 Å². The molecule has 0 aromatic carbocycles. The van der Waals surface area contributed by atoms with E-state index in [1.54, 1.807) is 0 Å². The van der Waals surface area contributed by atoms with E-state index in [1.165, 1.54) is 5.69 Å². The molecule has 1 fully saturated rings. The summed E-state index contributed by atoms with van der Waals surface area (Å²) in [6.07, 6.45) is 1.92. The zero-order chi connectivity index (χ0) is 11.5. The number of nitrogens with one attached hydrogen (secondary N) is 1. The number of rotatable bonds is 3. The first-order valence-electron chi connectivity index (χ1n) is 6.11. The van der Waals surface area contributed by atoms with Crippen LogP contribution in [0.3, 0.4) is 0 Å². The van der Waals surface area contributed by atoms with E-state index in [4.69, 9.17) is 0 Å². The van der Waals surface area contributed by atoms with E-state index < -0.39 is 0 Å². The number of nitrogens with zero attached hydrogens (tertiary/aromatic N) is 3. The second-order valence-corrected chi connectivity index (χ2v) is 5.03. The smallest absolute Gasteiger partial charge is 0.0641 e. The molecule has 0 spiro atoms. The lowest BCUT2D eigenvalue weighted by Gasteiger charge is -2.33. The van der Waals surface area contributed by atoms with Crippen molar-refractivity contribution in [2.45, 2.75) is 26.4 Å². The highest BCUT2D eigenvalue weighted by atomic mass is 15.3. The maximum absolute atomic E-state index is 4.43. The molecule has 2 rings (SSSR count). The Hall–Kier alpha value is -0.870. The SMILES string of the molecule is CC(C)Cn1nccc1C1CNCCN1C. The minimum atomic E-state index is 0.468. The molecule has 1 saturated heterocycles. The summed E-state index contributed by atoms with van der Waals surface area (Å²) in [5.41, 5.74) is 1.34. The van der Waals surface area contributed by atoms with E-state index in [0.29, 0.717) is 12.0 Å². The van der Waals surface area contributed by atoms with E-state index >= 15 is 0 Å². The molecule has 1 aromatic rings. The lowest BCUT2D eigenvalue weighted by atomic mass is 10.1. The average Bonchev–Trinajstić information content (AvgIpc) is 2.66. The lowest BCUT2D eigenvalue weighted by molar-refractivity contribution is 0.191. The van der Waals surface area contributed by atoms with Crippen LogP contribution in [0.1, 0.15) is 25.6 Å². The number of hydrogen-bond acceptors (Lipinski definition) is 3. The topological polar surface area (TPSA) is 33.1 Å². The van der Waals surface area contributed by atoms with Crippen LogP contribution >= 0.6 is 0 Å². The third kappa shape index (κ3) is 2.44. The number of hydrogen-bond donors (Lipinski definition) is 1. The zero-order valence-electron chi connectivity index (χ0n) is 10.5. The minimum Gasteiger partial charge on any atom is -0.313 e. The summed E-state index contributed by atoms with van der Waals surface area (Å²) in [6.45, 7) is 8.69. The first kappa shape index (κ1) is 11.6. The Morgan fingerprint density at radius 3 is 3.06 bits per heavy atom. The Morgan fingerprint density at radius 2 is 2.38 bits per heavy atom. The molecule has 1 N–H and O–H groups in total. The average molecular weight is 222 g/mol. The molecule has 0 aliphatic carbocycles. The summed E-state index contributed by atoms with van der Waals surface area (Å²) >= 11 is 0. The summed E-state index contributed by atoms with van der Waals surface area (Å²) in [7, 11) is 2.19. The summed E-state index contributed by atoms with van der Waals surface area (Å²) in [6, 6.07) is 2.62. The maximum atomic E-state index is 4.43. The van der Waals surface area contributed by atoms with Crippen molar-refractivity contribution in [3.63, 3.8) is 0 Å². The van der Waals surface area contributed by atoms with E-state index in [0.717, 1.165) is 26.2 Å². The van der Waals surface area contributed by atoms with Crippen LogP contribution in [0.2, 0.25) is 0 Å². The predicted octanol–water partition coefficient (Wildman–Crippen LogP) is 1.12. The van der Waals surface area contributed by atoms with Gasteiger partial charge in [-0.3, -0.25) is 9.58 Å². The lowest BCUT2D eigenvalue weighted by Crippen LogP contribution is -2.44. The van der Waals surface area contributed by atoms with Crippen molar-refractivity contribution < 1.29 is 0 Å². The van der Waals surface area contributed by atoms with Gasteiger partial charge in [0.1, 0.15) is 0 Å². The third-order valence-corrected chi connectivity index (χ3v) is 3.14. The van der Waals surface area contributed by atoms with Crippen molar-refractivity contribution >= 4 is 0 Å². The van der Waals surface area contributed by atoms with Crippen molar-refractivity contribution in [2.24, 2.45) is 5.92 Å². The largest absolute Gasteiger partial charge is 0.313 e. The van der Waals surface area contributed by atoms with Gasteiger partial charge in [-0.1, -0.05) is 13.8 Å². The van der Waals surface area contributed by atoms with E-state index in [1.807, 2.05) is 6.20 Å². The number of piperazine rings is 1. The molecule has 1 aliphatic rings. The van der Waals surface area contributed by atoms with Crippen LogP contribution in [0, 0.1) is 5.92 Å². The molecule has 4 heteroatoms. The molecular formula is C12H22N4. The van der Waals surface area contributed by atoms with Gasteiger partial charge < -0.3 is 5.32 Å². The van der Waals surface area contributed by atoms with Gasteiger partial charge in [0.15, 0.2) is 0 Å². The standard InChI is InChI=1S/C12H22N4/c1-10(2)9-16-11(4-5-14-16)12-8-13-6-7-15(12)3/h4-5,10,12-13H,6-9H2,1-3H3. The molecule has 0 radical (unpaired) electrons. The summed E-state index contributed by atoms with van der Waals surface area (Å²) in [5, 5.41) is 7.88. The first-order valence-corrected chi connectivity index (χ1v) is 6.11. The highest BCUT2D eigenvalue weighted by Gasteiger charge is 2.23. The maximum Gasteiger partial charge on any atom is 0.0641 e. The minimum absolute atomic E-state index is 0.468. The summed E-state index contributed by atoms with van der Waals surface area (Å²) in [4.78, 5) is 2.41. The van der Waals surface area contributed by atoms with Gasteiger partial charge in [0.25, 0.3) is 0 Å². The quantitative estimate of drug-likeness (QED) is 0.832. The fourth-order valence-electron chi connectivity index (χ4n) is 2.26. The third-order valence-electron chi connectivity index (χ3n) is 3.14. The van der Waals surface area contributed by atoms with Crippen molar-refractivity contribution in [1.29, 1.82) is 0 Å². The molecule has 90 valence electrons. The Balaban J connectivity index is 2.15. The molecule has 2 heterocycles. The molecule has 1 unspecified atom stereocenters. The second-order valence-electron chi connectivity index (χ2n) is 5.03. The highest BCUT2D eigenvalue weighted by Crippen LogP contribution is 2.20. The van der Waals surface area contributed by atoms with Gasteiger partial charge in [-0.05, 0) is 19.0 Å². The van der Waals surface area contributed by atoms with Crippen molar-refractivity contribution in [3.05, 3.63) is 18.0 Å². The van der Waals surface area contributed by atoms with Gasteiger partial charge in [0.2, 0.25) is 0 Å². The van der Waals surface area contributed by atoms with E-state index in [2.05, 4.69) is 47.0 Å². The van der Waals surface area contributed by atoms with Crippen molar-refractivity contribution in [2.75, 3.05) is 26.7 Å². The normalized spacial score (nSPS) is 22.9. The van der Waals surface area contributed by atoms with Gasteiger partial charge in [0.05, 0.1) is 11.7 Å². The Morgan fingerprint density at radius 1 is 1.56 bits per heavy atom. The Labute approximate surface area is 97.6 Å². The van der Waals surface area contributed by atoms with Crippen LogP contribution in [0.4, 0.5) is 0 Å². The van der Waals surface area contributed by atoms with Crippen molar-refractivity contribution in [3.8, 4) is 0 Å². The van der Waals surface area contributed by atoms with Crippen LogP contribution in [0.25, 0.3) is 0 Å². The molecule has 1 aromatic heterocycles.